The third kappa shape index (κ3) is 4.19. The molecule has 1 saturated heterocycles. The topological polar surface area (TPSA) is 62.3 Å². The maximum absolute atomic E-state index is 12.1. The van der Waals surface area contributed by atoms with E-state index in [4.69, 9.17) is 0 Å². The molecule has 2 heterocycles. The summed E-state index contributed by atoms with van der Waals surface area (Å²) in [4.78, 5) is 30.0. The van der Waals surface area contributed by atoms with Crippen LogP contribution in [0.5, 0.6) is 0 Å². The van der Waals surface area contributed by atoms with Crippen LogP contribution in [0.3, 0.4) is 0 Å². The molecule has 1 aromatic carbocycles. The first-order chi connectivity index (χ1) is 11.7. The van der Waals surface area contributed by atoms with Gasteiger partial charge in [-0.3, -0.25) is 14.6 Å². The van der Waals surface area contributed by atoms with Crippen molar-refractivity contribution < 1.29 is 9.59 Å². The van der Waals surface area contributed by atoms with Crippen molar-refractivity contribution in [3.63, 3.8) is 0 Å². The van der Waals surface area contributed by atoms with Crippen LogP contribution in [0.1, 0.15) is 28.8 Å². The maximum atomic E-state index is 12.1. The summed E-state index contributed by atoms with van der Waals surface area (Å²) in [5.41, 5.74) is 1.80. The minimum Gasteiger partial charge on any atom is -0.347 e. The van der Waals surface area contributed by atoms with Gasteiger partial charge in [0, 0.05) is 31.9 Å². The Hall–Kier alpha value is -2.69. The molecule has 0 aliphatic carbocycles. The first-order valence-corrected chi connectivity index (χ1v) is 8.25. The highest BCUT2D eigenvalue weighted by atomic mass is 16.2. The van der Waals surface area contributed by atoms with Gasteiger partial charge in [0.15, 0.2) is 0 Å². The van der Waals surface area contributed by atoms with Crippen molar-refractivity contribution in [2.24, 2.45) is 0 Å². The maximum Gasteiger partial charge on any atom is 0.253 e. The molecule has 1 aliphatic heterocycles. The molecule has 1 fully saturated rings. The number of rotatable bonds is 6. The van der Waals surface area contributed by atoms with E-state index in [0.29, 0.717) is 18.5 Å². The zero-order valence-corrected chi connectivity index (χ0v) is 13.5. The molecule has 1 atom stereocenters. The number of hydrogen-bond donors (Lipinski definition) is 1. The second-order valence-corrected chi connectivity index (χ2v) is 6.05. The minimum atomic E-state index is -0.174. The van der Waals surface area contributed by atoms with Gasteiger partial charge in [0.2, 0.25) is 5.91 Å². The first-order valence-electron chi connectivity index (χ1n) is 8.25. The Labute approximate surface area is 141 Å². The average molecular weight is 323 g/mol. The van der Waals surface area contributed by atoms with Gasteiger partial charge in [-0.2, -0.15) is 0 Å². The summed E-state index contributed by atoms with van der Waals surface area (Å²) in [5.74, 6) is -0.0633. The van der Waals surface area contributed by atoms with E-state index in [0.717, 1.165) is 19.4 Å². The Morgan fingerprint density at radius 2 is 2.04 bits per heavy atom. The lowest BCUT2D eigenvalue weighted by molar-refractivity contribution is -0.127. The Bertz CT molecular complexity index is 688. The number of carbonyl (C=O) groups is 2. The number of amides is 2. The fourth-order valence-corrected chi connectivity index (χ4v) is 2.97. The summed E-state index contributed by atoms with van der Waals surface area (Å²) < 4.78 is 0. The van der Waals surface area contributed by atoms with Crippen molar-refractivity contribution in [3.05, 3.63) is 66.0 Å². The predicted octanol–water partition coefficient (Wildman–Crippen LogP) is 2.05. The van der Waals surface area contributed by atoms with Crippen LogP contribution in [0.2, 0.25) is 0 Å². The van der Waals surface area contributed by atoms with E-state index in [2.05, 4.69) is 22.4 Å². The summed E-state index contributed by atoms with van der Waals surface area (Å²) in [6.07, 6.45) is 5.42. The summed E-state index contributed by atoms with van der Waals surface area (Å²) in [6.45, 7) is 1.31. The Kier molecular flexibility index (Phi) is 5.21. The number of nitrogens with one attached hydrogen (secondary N) is 1. The van der Waals surface area contributed by atoms with E-state index in [1.807, 2.05) is 23.1 Å². The second kappa shape index (κ2) is 7.73. The van der Waals surface area contributed by atoms with Gasteiger partial charge in [0.25, 0.3) is 5.91 Å². The molecule has 24 heavy (non-hydrogen) atoms. The van der Waals surface area contributed by atoms with E-state index < -0.39 is 0 Å². The molecule has 0 radical (unpaired) electrons. The van der Waals surface area contributed by atoms with Crippen molar-refractivity contribution in [1.29, 1.82) is 0 Å². The lowest BCUT2D eigenvalue weighted by Crippen LogP contribution is -2.37. The quantitative estimate of drug-likeness (QED) is 0.885. The van der Waals surface area contributed by atoms with Crippen LogP contribution in [0, 0.1) is 0 Å². The summed E-state index contributed by atoms with van der Waals surface area (Å²) in [6, 6.07) is 13.6. The number of benzene rings is 1. The highest BCUT2D eigenvalue weighted by Gasteiger charge is 2.30. The number of pyridine rings is 1. The molecule has 1 aromatic heterocycles. The van der Waals surface area contributed by atoms with Crippen molar-refractivity contribution in [1.82, 2.24) is 15.2 Å². The number of carbonyl (C=O) groups excluding carboxylic acids is 2. The third-order valence-electron chi connectivity index (χ3n) is 4.21. The molecule has 0 bridgehead atoms. The van der Waals surface area contributed by atoms with Gasteiger partial charge in [-0.1, -0.05) is 30.3 Å². The highest BCUT2D eigenvalue weighted by molar-refractivity contribution is 5.94. The van der Waals surface area contributed by atoms with E-state index in [-0.39, 0.29) is 17.9 Å². The molecule has 2 amide bonds. The van der Waals surface area contributed by atoms with Crippen LogP contribution in [0.4, 0.5) is 0 Å². The largest absolute Gasteiger partial charge is 0.347 e. The molecule has 3 rings (SSSR count). The lowest BCUT2D eigenvalue weighted by atomic mass is 10.1. The molecule has 2 aromatic rings. The van der Waals surface area contributed by atoms with Gasteiger partial charge in [-0.25, -0.2) is 0 Å². The van der Waals surface area contributed by atoms with E-state index in [1.54, 1.807) is 18.3 Å². The molecule has 5 heteroatoms. The smallest absolute Gasteiger partial charge is 0.253 e. The summed E-state index contributed by atoms with van der Waals surface area (Å²) in [5, 5.41) is 2.92. The van der Waals surface area contributed by atoms with E-state index >= 15 is 0 Å². The van der Waals surface area contributed by atoms with Gasteiger partial charge in [0.05, 0.1) is 11.6 Å². The SMILES string of the molecule is O=C(N[C@@H]1CC(=O)N(CCCc2ccccc2)C1)c1cccnc1. The Morgan fingerprint density at radius 1 is 1.21 bits per heavy atom. The average Bonchev–Trinajstić information content (AvgIpc) is 2.96. The Balaban J connectivity index is 1.46. The number of nitrogens with zero attached hydrogens (tertiary/aromatic N) is 2. The highest BCUT2D eigenvalue weighted by Crippen LogP contribution is 2.13. The lowest BCUT2D eigenvalue weighted by Gasteiger charge is -2.17. The molecular formula is C19H21N3O2. The number of hydrogen-bond acceptors (Lipinski definition) is 3. The van der Waals surface area contributed by atoms with E-state index in [9.17, 15) is 9.59 Å². The molecule has 0 spiro atoms. The summed E-state index contributed by atoms with van der Waals surface area (Å²) in [7, 11) is 0. The molecule has 5 nitrogen and oxygen atoms in total. The fourth-order valence-electron chi connectivity index (χ4n) is 2.97. The molecular weight excluding hydrogens is 302 g/mol. The van der Waals surface area contributed by atoms with Crippen LogP contribution in [0.15, 0.2) is 54.9 Å². The van der Waals surface area contributed by atoms with Crippen molar-refractivity contribution >= 4 is 11.8 Å². The first kappa shape index (κ1) is 16.2. The molecule has 0 unspecified atom stereocenters. The second-order valence-electron chi connectivity index (χ2n) is 6.05. The standard InChI is InChI=1S/C19H21N3O2/c23-18-12-17(21-19(24)16-9-4-10-20-13-16)14-22(18)11-5-8-15-6-2-1-3-7-15/h1-4,6-7,9-10,13,17H,5,8,11-12,14H2,(H,21,24)/t17-/m1/s1. The van der Waals surface area contributed by atoms with Crippen LogP contribution in [-0.2, 0) is 11.2 Å². The summed E-state index contributed by atoms with van der Waals surface area (Å²) >= 11 is 0. The van der Waals surface area contributed by atoms with Crippen LogP contribution in [0.25, 0.3) is 0 Å². The van der Waals surface area contributed by atoms with E-state index in [1.165, 1.54) is 11.8 Å². The van der Waals surface area contributed by atoms with Gasteiger partial charge >= 0.3 is 0 Å². The fraction of sp³-hybridized carbons (Fsp3) is 0.316. The van der Waals surface area contributed by atoms with Crippen molar-refractivity contribution in [2.45, 2.75) is 25.3 Å². The zero-order valence-electron chi connectivity index (χ0n) is 13.5. The molecule has 1 aliphatic rings. The van der Waals surface area contributed by atoms with Gasteiger partial charge in [-0.05, 0) is 30.5 Å². The van der Waals surface area contributed by atoms with Gasteiger partial charge in [0.1, 0.15) is 0 Å². The normalized spacial score (nSPS) is 17.1. The number of aromatic nitrogens is 1. The Morgan fingerprint density at radius 3 is 2.79 bits per heavy atom. The predicted molar refractivity (Wildman–Crippen MR) is 91.5 cm³/mol. The van der Waals surface area contributed by atoms with Crippen LogP contribution < -0.4 is 5.32 Å². The van der Waals surface area contributed by atoms with Gasteiger partial charge in [-0.15, -0.1) is 0 Å². The van der Waals surface area contributed by atoms with Crippen LogP contribution >= 0.6 is 0 Å². The van der Waals surface area contributed by atoms with Crippen LogP contribution in [-0.4, -0.2) is 40.8 Å². The third-order valence-corrected chi connectivity index (χ3v) is 4.21. The van der Waals surface area contributed by atoms with Gasteiger partial charge < -0.3 is 10.2 Å². The number of aryl methyl sites for hydroxylation is 1. The molecule has 0 saturated carbocycles. The minimum absolute atomic E-state index is 0.111. The monoisotopic (exact) mass is 323 g/mol. The van der Waals surface area contributed by atoms with Crippen molar-refractivity contribution in [3.8, 4) is 0 Å². The molecule has 124 valence electrons. The van der Waals surface area contributed by atoms with Crippen molar-refractivity contribution in [2.75, 3.05) is 13.1 Å². The zero-order chi connectivity index (χ0) is 16.8. The number of likely N-dealkylation sites (tertiary alicyclic amines) is 1. The molecule has 1 N–H and O–H groups in total.